The van der Waals surface area contributed by atoms with Crippen LogP contribution in [0.4, 0.5) is 5.82 Å². The Kier molecular flexibility index (Phi) is 7.19. The molecule has 0 aliphatic carbocycles. The molecule has 3 heteroatoms. The van der Waals surface area contributed by atoms with E-state index in [2.05, 4.69) is 69.2 Å². The van der Waals surface area contributed by atoms with Crippen LogP contribution in [0.15, 0.2) is 30.3 Å². The van der Waals surface area contributed by atoms with Crippen molar-refractivity contribution < 1.29 is 0 Å². The van der Waals surface area contributed by atoms with Gasteiger partial charge in [0.2, 0.25) is 0 Å². The minimum atomic E-state index is 0.159. The van der Waals surface area contributed by atoms with Crippen molar-refractivity contribution in [2.24, 2.45) is 5.92 Å². The van der Waals surface area contributed by atoms with Gasteiger partial charge in [0.05, 0.1) is 0 Å². The van der Waals surface area contributed by atoms with E-state index in [1.807, 2.05) is 13.0 Å². The molecule has 0 amide bonds. The average molecular weight is 354 g/mol. The largest absolute Gasteiger partial charge is 0.370 e. The number of nitrogens with one attached hydrogen (secondary N) is 1. The second-order valence-electron chi connectivity index (χ2n) is 8.34. The summed E-state index contributed by atoms with van der Waals surface area (Å²) >= 11 is 0. The van der Waals surface area contributed by atoms with Gasteiger partial charge < -0.3 is 5.32 Å². The third-order valence-electron chi connectivity index (χ3n) is 4.98. The van der Waals surface area contributed by atoms with Crippen LogP contribution in [0.2, 0.25) is 0 Å². The first kappa shape index (κ1) is 20.4. The summed E-state index contributed by atoms with van der Waals surface area (Å²) in [5.41, 5.74) is 3.56. The summed E-state index contributed by atoms with van der Waals surface area (Å²) in [7, 11) is 0. The van der Waals surface area contributed by atoms with Crippen molar-refractivity contribution >= 4 is 5.82 Å². The third kappa shape index (κ3) is 5.82. The molecule has 1 atom stereocenters. The summed E-state index contributed by atoms with van der Waals surface area (Å²) in [6, 6.07) is 10.7. The van der Waals surface area contributed by atoms with E-state index in [-0.39, 0.29) is 5.41 Å². The third-order valence-corrected chi connectivity index (χ3v) is 4.98. The Morgan fingerprint density at radius 1 is 1.04 bits per heavy atom. The molecule has 1 heterocycles. The first-order chi connectivity index (χ1) is 12.3. The van der Waals surface area contributed by atoms with Crippen molar-refractivity contribution in [1.82, 2.24) is 9.97 Å². The second-order valence-corrected chi connectivity index (χ2v) is 8.34. The monoisotopic (exact) mass is 353 g/mol. The van der Waals surface area contributed by atoms with Gasteiger partial charge in [0.1, 0.15) is 5.82 Å². The van der Waals surface area contributed by atoms with E-state index < -0.39 is 0 Å². The first-order valence-electron chi connectivity index (χ1n) is 10.0. The van der Waals surface area contributed by atoms with Crippen molar-refractivity contribution in [2.75, 3.05) is 11.9 Å². The fourth-order valence-corrected chi connectivity index (χ4v) is 3.10. The van der Waals surface area contributed by atoms with E-state index in [0.29, 0.717) is 5.92 Å². The maximum atomic E-state index is 4.76. The Hall–Kier alpha value is -1.90. The summed E-state index contributed by atoms with van der Waals surface area (Å²) in [4.78, 5) is 9.40. The van der Waals surface area contributed by atoms with Crippen molar-refractivity contribution in [3.63, 3.8) is 0 Å². The zero-order valence-electron chi connectivity index (χ0n) is 17.4. The molecule has 0 radical (unpaired) electrons. The molecule has 1 aromatic carbocycles. The van der Waals surface area contributed by atoms with Crippen LogP contribution >= 0.6 is 0 Å². The van der Waals surface area contributed by atoms with Crippen LogP contribution in [0.1, 0.15) is 71.6 Å². The van der Waals surface area contributed by atoms with Crippen LogP contribution in [0.25, 0.3) is 11.4 Å². The lowest BCUT2D eigenvalue weighted by atomic mass is 9.87. The molecular formula is C23H35N3. The number of hydrogen-bond acceptors (Lipinski definition) is 3. The second kappa shape index (κ2) is 9.16. The lowest BCUT2D eigenvalue weighted by Crippen LogP contribution is -2.15. The molecule has 1 aromatic heterocycles. The summed E-state index contributed by atoms with van der Waals surface area (Å²) in [6.07, 6.45) is 5.05. The van der Waals surface area contributed by atoms with Crippen molar-refractivity contribution in [2.45, 2.75) is 72.6 Å². The van der Waals surface area contributed by atoms with Gasteiger partial charge in [0.25, 0.3) is 0 Å². The molecule has 2 rings (SSSR count). The Bertz CT molecular complexity index is 684. The fourth-order valence-electron chi connectivity index (χ4n) is 3.10. The van der Waals surface area contributed by atoms with E-state index in [1.54, 1.807) is 0 Å². The smallest absolute Gasteiger partial charge is 0.161 e. The highest BCUT2D eigenvalue weighted by atomic mass is 15.0. The van der Waals surface area contributed by atoms with Crippen molar-refractivity contribution in [1.29, 1.82) is 0 Å². The van der Waals surface area contributed by atoms with Gasteiger partial charge in [0.15, 0.2) is 5.82 Å². The van der Waals surface area contributed by atoms with Gasteiger partial charge in [-0.25, -0.2) is 9.97 Å². The number of aromatic nitrogens is 2. The Morgan fingerprint density at radius 3 is 2.31 bits per heavy atom. The van der Waals surface area contributed by atoms with E-state index in [9.17, 15) is 0 Å². The fraction of sp³-hybridized carbons (Fsp3) is 0.565. The first-order valence-corrected chi connectivity index (χ1v) is 10.0. The van der Waals surface area contributed by atoms with Crippen LogP contribution in [-0.2, 0) is 5.41 Å². The molecular weight excluding hydrogens is 318 g/mol. The molecule has 0 bridgehead atoms. The summed E-state index contributed by atoms with van der Waals surface area (Å²) in [6.45, 7) is 14.2. The molecule has 0 saturated carbocycles. The zero-order chi connectivity index (χ0) is 19.2. The quantitative estimate of drug-likeness (QED) is 0.598. The Balaban J connectivity index is 2.14. The summed E-state index contributed by atoms with van der Waals surface area (Å²) < 4.78 is 0. The lowest BCUT2D eigenvalue weighted by molar-refractivity contribution is 0.472. The molecule has 0 fully saturated rings. The molecule has 2 aromatic rings. The maximum absolute atomic E-state index is 4.76. The number of benzene rings is 1. The maximum Gasteiger partial charge on any atom is 0.161 e. The number of unbranched alkanes of at least 4 members (excludes halogenated alkanes) is 1. The van der Waals surface area contributed by atoms with Crippen LogP contribution < -0.4 is 5.32 Å². The van der Waals surface area contributed by atoms with Crippen LogP contribution in [0.3, 0.4) is 0 Å². The van der Waals surface area contributed by atoms with Crippen molar-refractivity contribution in [3.8, 4) is 11.4 Å². The highest BCUT2D eigenvalue weighted by Crippen LogP contribution is 2.25. The topological polar surface area (TPSA) is 37.8 Å². The number of hydrogen-bond donors (Lipinski definition) is 1. The molecule has 0 saturated heterocycles. The zero-order valence-corrected chi connectivity index (χ0v) is 17.4. The van der Waals surface area contributed by atoms with Crippen LogP contribution in [0.5, 0.6) is 0 Å². The minimum absolute atomic E-state index is 0.159. The van der Waals surface area contributed by atoms with Crippen LogP contribution in [0, 0.1) is 12.8 Å². The minimum Gasteiger partial charge on any atom is -0.370 e. The van der Waals surface area contributed by atoms with E-state index >= 15 is 0 Å². The van der Waals surface area contributed by atoms with E-state index in [4.69, 9.17) is 4.98 Å². The van der Waals surface area contributed by atoms with Crippen LogP contribution in [-0.4, -0.2) is 16.5 Å². The highest BCUT2D eigenvalue weighted by molar-refractivity contribution is 5.58. The lowest BCUT2D eigenvalue weighted by Gasteiger charge is -2.19. The number of aryl methyl sites for hydroxylation is 1. The van der Waals surface area contributed by atoms with Gasteiger partial charge in [-0.15, -0.1) is 0 Å². The summed E-state index contributed by atoms with van der Waals surface area (Å²) in [5, 5.41) is 3.54. The Morgan fingerprint density at radius 2 is 1.73 bits per heavy atom. The average Bonchev–Trinajstić information content (AvgIpc) is 2.61. The SMILES string of the molecule is CCCCC(CC)CNc1cc(C)nc(-c2ccc(C(C)(C)C)cc2)n1. The Labute approximate surface area is 159 Å². The number of rotatable bonds is 8. The molecule has 1 unspecified atom stereocenters. The van der Waals surface area contributed by atoms with Gasteiger partial charge in [-0.2, -0.15) is 0 Å². The number of anilines is 1. The van der Waals surface area contributed by atoms with Gasteiger partial charge >= 0.3 is 0 Å². The standard InChI is InChI=1S/C23H35N3/c1-7-9-10-18(8-2)16-24-21-15-17(3)25-22(26-21)19-11-13-20(14-12-19)23(4,5)6/h11-15,18H,7-10,16H2,1-6H3,(H,24,25,26). The van der Waals surface area contributed by atoms with Gasteiger partial charge in [-0.1, -0.05) is 78.1 Å². The van der Waals surface area contributed by atoms with E-state index in [0.717, 1.165) is 29.4 Å². The van der Waals surface area contributed by atoms with E-state index in [1.165, 1.54) is 31.2 Å². The van der Waals surface area contributed by atoms with Gasteiger partial charge in [0, 0.05) is 23.9 Å². The molecule has 1 N–H and O–H groups in total. The predicted molar refractivity (Wildman–Crippen MR) is 113 cm³/mol. The van der Waals surface area contributed by atoms with Gasteiger partial charge in [-0.05, 0) is 30.2 Å². The normalized spacial score (nSPS) is 12.8. The molecule has 0 aliphatic rings. The van der Waals surface area contributed by atoms with Gasteiger partial charge in [-0.3, -0.25) is 0 Å². The molecule has 0 aliphatic heterocycles. The van der Waals surface area contributed by atoms with Crippen molar-refractivity contribution in [3.05, 3.63) is 41.6 Å². The molecule has 0 spiro atoms. The summed E-state index contributed by atoms with van der Waals surface area (Å²) in [5.74, 6) is 2.44. The molecule has 3 nitrogen and oxygen atoms in total. The molecule has 142 valence electrons. The molecule has 26 heavy (non-hydrogen) atoms. The number of nitrogens with zero attached hydrogens (tertiary/aromatic N) is 2. The highest BCUT2D eigenvalue weighted by Gasteiger charge is 2.14. The predicted octanol–water partition coefficient (Wildman–Crippen LogP) is 6.38.